The lowest BCUT2D eigenvalue weighted by Crippen LogP contribution is -2.41. The SMILES string of the molecule is CC1CN(c2cc(Br)c(F)cc2[N+](=O)[O-])CCO1. The number of nitro groups is 1. The fraction of sp³-hybridized carbons (Fsp3) is 0.455. The van der Waals surface area contributed by atoms with Gasteiger partial charge in [0.1, 0.15) is 11.5 Å². The van der Waals surface area contributed by atoms with E-state index in [0.717, 1.165) is 6.07 Å². The number of nitrogens with zero attached hydrogens (tertiary/aromatic N) is 2. The van der Waals surface area contributed by atoms with Crippen molar-refractivity contribution in [3.05, 3.63) is 32.5 Å². The molecule has 1 aliphatic heterocycles. The summed E-state index contributed by atoms with van der Waals surface area (Å²) in [5.74, 6) is -0.633. The van der Waals surface area contributed by atoms with Crippen molar-refractivity contribution in [2.24, 2.45) is 0 Å². The lowest BCUT2D eigenvalue weighted by molar-refractivity contribution is -0.384. The van der Waals surface area contributed by atoms with Crippen LogP contribution in [0.1, 0.15) is 6.92 Å². The van der Waals surface area contributed by atoms with Gasteiger partial charge >= 0.3 is 0 Å². The van der Waals surface area contributed by atoms with Gasteiger partial charge in [-0.3, -0.25) is 10.1 Å². The molecule has 1 heterocycles. The molecule has 18 heavy (non-hydrogen) atoms. The fourth-order valence-corrected chi connectivity index (χ4v) is 2.29. The Morgan fingerprint density at radius 3 is 2.94 bits per heavy atom. The third kappa shape index (κ3) is 2.62. The van der Waals surface area contributed by atoms with E-state index >= 15 is 0 Å². The van der Waals surface area contributed by atoms with Crippen LogP contribution < -0.4 is 4.90 Å². The summed E-state index contributed by atoms with van der Waals surface area (Å²) in [6, 6.07) is 2.39. The first-order chi connectivity index (χ1) is 8.49. The topological polar surface area (TPSA) is 55.6 Å². The summed E-state index contributed by atoms with van der Waals surface area (Å²) in [5.41, 5.74) is 0.202. The van der Waals surface area contributed by atoms with Gasteiger partial charge in [0.2, 0.25) is 0 Å². The van der Waals surface area contributed by atoms with E-state index in [-0.39, 0.29) is 16.3 Å². The molecule has 1 fully saturated rings. The predicted octanol–water partition coefficient (Wildman–Crippen LogP) is 2.72. The Morgan fingerprint density at radius 1 is 1.61 bits per heavy atom. The van der Waals surface area contributed by atoms with E-state index in [4.69, 9.17) is 4.74 Å². The average Bonchev–Trinajstić information content (AvgIpc) is 2.31. The lowest BCUT2D eigenvalue weighted by Gasteiger charge is -2.32. The summed E-state index contributed by atoms with van der Waals surface area (Å²) in [6.45, 7) is 3.52. The Labute approximate surface area is 112 Å². The number of benzene rings is 1. The molecule has 1 aromatic carbocycles. The molecule has 0 aliphatic carbocycles. The quantitative estimate of drug-likeness (QED) is 0.621. The van der Waals surface area contributed by atoms with E-state index in [0.29, 0.717) is 25.4 Å². The molecule has 2 rings (SSSR count). The highest BCUT2D eigenvalue weighted by Crippen LogP contribution is 2.34. The molecule has 1 unspecified atom stereocenters. The Morgan fingerprint density at radius 2 is 2.33 bits per heavy atom. The van der Waals surface area contributed by atoms with Crippen molar-refractivity contribution in [1.82, 2.24) is 0 Å². The van der Waals surface area contributed by atoms with E-state index in [1.54, 1.807) is 0 Å². The number of morpholine rings is 1. The normalized spacial score (nSPS) is 19.9. The van der Waals surface area contributed by atoms with Crippen molar-refractivity contribution >= 4 is 27.3 Å². The molecule has 0 spiro atoms. The summed E-state index contributed by atoms with van der Waals surface area (Å²) in [4.78, 5) is 12.3. The van der Waals surface area contributed by atoms with Gasteiger partial charge in [-0.1, -0.05) is 0 Å². The standard InChI is InChI=1S/C11H12BrFN2O3/c1-7-6-14(2-3-18-7)10-4-8(12)9(13)5-11(10)15(16)17/h4-5,7H,2-3,6H2,1H3. The molecule has 1 aliphatic rings. The van der Waals surface area contributed by atoms with E-state index in [9.17, 15) is 14.5 Å². The molecule has 0 radical (unpaired) electrons. The van der Waals surface area contributed by atoms with Crippen LogP contribution in [0.4, 0.5) is 15.8 Å². The van der Waals surface area contributed by atoms with Gasteiger partial charge in [0.15, 0.2) is 0 Å². The molecule has 5 nitrogen and oxygen atoms in total. The Kier molecular flexibility index (Phi) is 3.82. The van der Waals surface area contributed by atoms with Crippen LogP contribution in [0.25, 0.3) is 0 Å². The van der Waals surface area contributed by atoms with Crippen molar-refractivity contribution in [1.29, 1.82) is 0 Å². The molecule has 0 aromatic heterocycles. The van der Waals surface area contributed by atoms with Gasteiger partial charge in [-0.25, -0.2) is 4.39 Å². The number of nitro benzene ring substituents is 1. The van der Waals surface area contributed by atoms with Crippen molar-refractivity contribution < 1.29 is 14.1 Å². The molecule has 98 valence electrons. The highest BCUT2D eigenvalue weighted by molar-refractivity contribution is 9.10. The second-order valence-electron chi connectivity index (χ2n) is 4.14. The minimum absolute atomic E-state index is 0.00202. The molecule has 7 heteroatoms. The van der Waals surface area contributed by atoms with Crippen LogP contribution in [-0.4, -0.2) is 30.7 Å². The van der Waals surface area contributed by atoms with Gasteiger partial charge in [0, 0.05) is 13.1 Å². The van der Waals surface area contributed by atoms with E-state index in [1.165, 1.54) is 6.07 Å². The first-order valence-corrected chi connectivity index (χ1v) is 6.28. The number of anilines is 1. The number of hydrogen-bond acceptors (Lipinski definition) is 4. The van der Waals surface area contributed by atoms with Crippen LogP contribution in [0.15, 0.2) is 16.6 Å². The van der Waals surface area contributed by atoms with Gasteiger partial charge in [-0.05, 0) is 28.9 Å². The van der Waals surface area contributed by atoms with E-state index < -0.39 is 10.7 Å². The second-order valence-corrected chi connectivity index (χ2v) is 4.99. The van der Waals surface area contributed by atoms with Gasteiger partial charge < -0.3 is 9.64 Å². The summed E-state index contributed by atoms with van der Waals surface area (Å²) >= 11 is 3.06. The van der Waals surface area contributed by atoms with Crippen LogP contribution in [0.2, 0.25) is 0 Å². The van der Waals surface area contributed by atoms with Crippen molar-refractivity contribution in [2.75, 3.05) is 24.6 Å². The molecular weight excluding hydrogens is 307 g/mol. The Hall–Kier alpha value is -1.21. The van der Waals surface area contributed by atoms with Gasteiger partial charge in [-0.15, -0.1) is 0 Å². The maximum absolute atomic E-state index is 13.4. The second kappa shape index (κ2) is 5.19. The van der Waals surface area contributed by atoms with Crippen LogP contribution >= 0.6 is 15.9 Å². The van der Waals surface area contributed by atoms with Crippen LogP contribution in [0.3, 0.4) is 0 Å². The highest BCUT2D eigenvalue weighted by atomic mass is 79.9. The lowest BCUT2D eigenvalue weighted by atomic mass is 10.2. The Bertz CT molecular complexity index is 484. The summed E-state index contributed by atoms with van der Waals surface area (Å²) < 4.78 is 19.0. The largest absolute Gasteiger partial charge is 0.375 e. The number of hydrogen-bond donors (Lipinski definition) is 0. The molecule has 1 atom stereocenters. The van der Waals surface area contributed by atoms with Crippen LogP contribution in [-0.2, 0) is 4.74 Å². The maximum atomic E-state index is 13.4. The van der Waals surface area contributed by atoms with E-state index in [1.807, 2.05) is 11.8 Å². The van der Waals surface area contributed by atoms with Gasteiger partial charge in [-0.2, -0.15) is 0 Å². The number of halogens is 2. The smallest absolute Gasteiger partial charge is 0.295 e. The fourth-order valence-electron chi connectivity index (χ4n) is 1.96. The number of ether oxygens (including phenoxy) is 1. The third-order valence-corrected chi connectivity index (χ3v) is 3.40. The first-order valence-electron chi connectivity index (χ1n) is 5.49. The molecule has 0 bridgehead atoms. The zero-order chi connectivity index (χ0) is 13.3. The minimum Gasteiger partial charge on any atom is -0.375 e. The van der Waals surface area contributed by atoms with Crippen molar-refractivity contribution in [3.63, 3.8) is 0 Å². The molecule has 1 saturated heterocycles. The average molecular weight is 319 g/mol. The van der Waals surface area contributed by atoms with Crippen LogP contribution in [0, 0.1) is 15.9 Å². The summed E-state index contributed by atoms with van der Waals surface area (Å²) in [7, 11) is 0. The van der Waals surface area contributed by atoms with E-state index in [2.05, 4.69) is 15.9 Å². The maximum Gasteiger partial charge on any atom is 0.295 e. The first kappa shape index (κ1) is 13.2. The molecule has 0 N–H and O–H groups in total. The minimum atomic E-state index is -0.633. The molecule has 0 saturated carbocycles. The molecular formula is C11H12BrFN2O3. The zero-order valence-corrected chi connectivity index (χ0v) is 11.3. The number of rotatable bonds is 2. The molecule has 1 aromatic rings. The third-order valence-electron chi connectivity index (χ3n) is 2.80. The monoisotopic (exact) mass is 318 g/mol. The zero-order valence-electron chi connectivity index (χ0n) is 9.73. The summed E-state index contributed by atoms with van der Waals surface area (Å²) in [6.07, 6.45) is 0.00202. The van der Waals surface area contributed by atoms with Gasteiger partial charge in [0.05, 0.1) is 28.2 Å². The van der Waals surface area contributed by atoms with Crippen molar-refractivity contribution in [3.8, 4) is 0 Å². The predicted molar refractivity (Wildman–Crippen MR) is 68.4 cm³/mol. The van der Waals surface area contributed by atoms with Crippen LogP contribution in [0.5, 0.6) is 0 Å². The molecule has 0 amide bonds. The highest BCUT2D eigenvalue weighted by Gasteiger charge is 2.25. The van der Waals surface area contributed by atoms with Gasteiger partial charge in [0.25, 0.3) is 5.69 Å². The van der Waals surface area contributed by atoms with Crippen molar-refractivity contribution in [2.45, 2.75) is 13.0 Å². The summed E-state index contributed by atoms with van der Waals surface area (Å²) in [5, 5.41) is 11.0. The Balaban J connectivity index is 2.41.